The van der Waals surface area contributed by atoms with Gasteiger partial charge in [0.1, 0.15) is 16.7 Å². The Balaban J connectivity index is 1.83. The van der Waals surface area contributed by atoms with Crippen molar-refractivity contribution in [1.82, 2.24) is 19.7 Å². The van der Waals surface area contributed by atoms with Gasteiger partial charge in [0.2, 0.25) is 0 Å². The van der Waals surface area contributed by atoms with Crippen molar-refractivity contribution in [1.29, 1.82) is 0 Å². The Morgan fingerprint density at radius 3 is 2.90 bits per heavy atom. The molecule has 1 aliphatic heterocycles. The molecule has 112 valence electrons. The van der Waals surface area contributed by atoms with Gasteiger partial charge in [-0.15, -0.1) is 0 Å². The third-order valence-electron chi connectivity index (χ3n) is 5.23. The summed E-state index contributed by atoms with van der Waals surface area (Å²) in [5.74, 6) is 2.62. The topological polar surface area (TPSA) is 46.8 Å². The first kappa shape index (κ1) is 13.5. The second kappa shape index (κ2) is 4.93. The number of aryl methyl sites for hydroxylation is 1. The van der Waals surface area contributed by atoms with E-state index in [9.17, 15) is 0 Å². The summed E-state index contributed by atoms with van der Waals surface area (Å²) < 4.78 is 2.67. The van der Waals surface area contributed by atoms with Crippen LogP contribution in [0.4, 0.5) is 5.82 Å². The molecule has 0 aromatic carbocycles. The molecule has 0 bridgehead atoms. The second-order valence-corrected chi connectivity index (χ2v) is 7.21. The van der Waals surface area contributed by atoms with E-state index in [4.69, 9.17) is 0 Å². The fourth-order valence-corrected chi connectivity index (χ4v) is 4.85. The fourth-order valence-electron chi connectivity index (χ4n) is 4.26. The molecule has 4 rings (SSSR count). The zero-order valence-corrected chi connectivity index (χ0v) is 14.0. The Labute approximate surface area is 132 Å². The highest BCUT2D eigenvalue weighted by Gasteiger charge is 2.41. The van der Waals surface area contributed by atoms with Gasteiger partial charge in [-0.1, -0.05) is 19.8 Å². The van der Waals surface area contributed by atoms with E-state index in [1.54, 1.807) is 6.33 Å². The van der Waals surface area contributed by atoms with Gasteiger partial charge in [-0.2, -0.15) is 5.10 Å². The average molecular weight is 350 g/mol. The van der Waals surface area contributed by atoms with E-state index in [1.165, 1.54) is 25.7 Å². The third-order valence-corrected chi connectivity index (χ3v) is 5.78. The number of hydrogen-bond acceptors (Lipinski definition) is 4. The molecule has 0 radical (unpaired) electrons. The smallest absolute Gasteiger partial charge is 0.164 e. The van der Waals surface area contributed by atoms with Crippen LogP contribution in [0.2, 0.25) is 0 Å². The van der Waals surface area contributed by atoms with Gasteiger partial charge in [-0.05, 0) is 40.6 Å². The van der Waals surface area contributed by atoms with Crippen LogP contribution in [-0.2, 0) is 7.05 Å². The van der Waals surface area contributed by atoms with E-state index in [1.807, 2.05) is 11.7 Å². The zero-order chi connectivity index (χ0) is 14.6. The Morgan fingerprint density at radius 2 is 2.05 bits per heavy atom. The van der Waals surface area contributed by atoms with Gasteiger partial charge in [-0.3, -0.25) is 0 Å². The predicted molar refractivity (Wildman–Crippen MR) is 86.3 cm³/mol. The first-order valence-corrected chi connectivity index (χ1v) is 8.56. The minimum absolute atomic E-state index is 0.638. The van der Waals surface area contributed by atoms with Gasteiger partial charge >= 0.3 is 0 Å². The van der Waals surface area contributed by atoms with Gasteiger partial charge in [-0.25, -0.2) is 14.6 Å². The summed E-state index contributed by atoms with van der Waals surface area (Å²) in [6.07, 6.45) is 7.05. The van der Waals surface area contributed by atoms with Gasteiger partial charge < -0.3 is 4.90 Å². The molecular formula is C15H20BrN5. The number of halogens is 1. The van der Waals surface area contributed by atoms with Crippen molar-refractivity contribution in [3.05, 3.63) is 10.9 Å². The standard InChI is InChI=1S/C15H20BrN5/c1-9-7-21(11-6-4-3-5-10(9)11)15-12-13(16)19-20(2)14(12)17-8-18-15/h8-11H,3-7H2,1-2H3. The molecule has 1 aliphatic carbocycles. The summed E-state index contributed by atoms with van der Waals surface area (Å²) in [4.78, 5) is 11.5. The number of anilines is 1. The van der Waals surface area contributed by atoms with Crippen molar-refractivity contribution in [3.8, 4) is 0 Å². The molecular weight excluding hydrogens is 330 g/mol. The molecule has 3 heterocycles. The molecule has 0 spiro atoms. The van der Waals surface area contributed by atoms with Crippen LogP contribution in [0.1, 0.15) is 32.6 Å². The first-order chi connectivity index (χ1) is 10.2. The lowest BCUT2D eigenvalue weighted by Crippen LogP contribution is -2.35. The molecule has 2 aliphatic rings. The molecule has 3 atom stereocenters. The number of fused-ring (bicyclic) bond motifs is 2. The van der Waals surface area contributed by atoms with Crippen LogP contribution < -0.4 is 4.90 Å². The maximum atomic E-state index is 4.62. The van der Waals surface area contributed by atoms with E-state index in [2.05, 4.69) is 42.8 Å². The molecule has 2 aromatic rings. The fraction of sp³-hybridized carbons (Fsp3) is 0.667. The molecule has 0 amide bonds. The monoisotopic (exact) mass is 349 g/mol. The minimum atomic E-state index is 0.638. The maximum Gasteiger partial charge on any atom is 0.164 e. The van der Waals surface area contributed by atoms with Crippen LogP contribution in [-0.4, -0.2) is 32.3 Å². The number of rotatable bonds is 1. The summed E-state index contributed by atoms with van der Waals surface area (Å²) in [7, 11) is 1.93. The van der Waals surface area contributed by atoms with Crippen molar-refractivity contribution >= 4 is 32.8 Å². The summed E-state index contributed by atoms with van der Waals surface area (Å²) in [5, 5.41) is 5.50. The van der Waals surface area contributed by atoms with Crippen molar-refractivity contribution < 1.29 is 0 Å². The summed E-state index contributed by atoms with van der Waals surface area (Å²) >= 11 is 3.58. The summed E-state index contributed by atoms with van der Waals surface area (Å²) in [6, 6.07) is 0.638. The summed E-state index contributed by atoms with van der Waals surface area (Å²) in [6.45, 7) is 3.49. The molecule has 1 saturated carbocycles. The Morgan fingerprint density at radius 1 is 1.24 bits per heavy atom. The van der Waals surface area contributed by atoms with Crippen LogP contribution in [0, 0.1) is 11.8 Å². The van der Waals surface area contributed by atoms with Gasteiger partial charge in [0.15, 0.2) is 5.65 Å². The van der Waals surface area contributed by atoms with Crippen LogP contribution in [0.5, 0.6) is 0 Å². The molecule has 2 fully saturated rings. The van der Waals surface area contributed by atoms with Crippen LogP contribution in [0.15, 0.2) is 10.9 Å². The van der Waals surface area contributed by atoms with E-state index in [-0.39, 0.29) is 0 Å². The highest BCUT2D eigenvalue weighted by Crippen LogP contribution is 2.43. The Kier molecular flexibility index (Phi) is 3.17. The first-order valence-electron chi connectivity index (χ1n) is 7.76. The molecule has 1 saturated heterocycles. The van der Waals surface area contributed by atoms with E-state index in [0.29, 0.717) is 6.04 Å². The molecule has 3 unspecified atom stereocenters. The average Bonchev–Trinajstić information content (AvgIpc) is 2.98. The minimum Gasteiger partial charge on any atom is -0.352 e. The van der Waals surface area contributed by atoms with E-state index < -0.39 is 0 Å². The molecule has 5 nitrogen and oxygen atoms in total. The second-order valence-electron chi connectivity index (χ2n) is 6.46. The van der Waals surface area contributed by atoms with Crippen molar-refractivity contribution in [2.75, 3.05) is 11.4 Å². The maximum absolute atomic E-state index is 4.62. The van der Waals surface area contributed by atoms with Crippen molar-refractivity contribution in [2.24, 2.45) is 18.9 Å². The van der Waals surface area contributed by atoms with Gasteiger partial charge in [0, 0.05) is 19.6 Å². The quantitative estimate of drug-likeness (QED) is 0.793. The van der Waals surface area contributed by atoms with Crippen molar-refractivity contribution in [3.63, 3.8) is 0 Å². The molecule has 21 heavy (non-hydrogen) atoms. The molecule has 0 N–H and O–H groups in total. The Bertz CT molecular complexity index is 682. The normalized spacial score (nSPS) is 29.1. The highest BCUT2D eigenvalue weighted by atomic mass is 79.9. The lowest BCUT2D eigenvalue weighted by Gasteiger charge is -2.33. The van der Waals surface area contributed by atoms with Gasteiger partial charge in [0.05, 0.1) is 5.39 Å². The zero-order valence-electron chi connectivity index (χ0n) is 12.5. The third kappa shape index (κ3) is 1.99. The molecule has 2 aromatic heterocycles. The van der Waals surface area contributed by atoms with Crippen LogP contribution >= 0.6 is 15.9 Å². The SMILES string of the molecule is CC1CN(c2ncnc3c2c(Br)nn3C)C2CCCCC12. The number of aromatic nitrogens is 4. The predicted octanol–water partition coefficient (Wildman–Crippen LogP) is 3.14. The van der Waals surface area contributed by atoms with Crippen LogP contribution in [0.3, 0.4) is 0 Å². The van der Waals surface area contributed by atoms with E-state index in [0.717, 1.165) is 39.8 Å². The number of nitrogens with zero attached hydrogens (tertiary/aromatic N) is 5. The van der Waals surface area contributed by atoms with Crippen molar-refractivity contribution in [2.45, 2.75) is 38.6 Å². The molecule has 6 heteroatoms. The van der Waals surface area contributed by atoms with E-state index >= 15 is 0 Å². The largest absolute Gasteiger partial charge is 0.352 e. The Hall–Kier alpha value is -1.17. The number of hydrogen-bond donors (Lipinski definition) is 0. The highest BCUT2D eigenvalue weighted by molar-refractivity contribution is 9.10. The summed E-state index contributed by atoms with van der Waals surface area (Å²) in [5.41, 5.74) is 0.902. The van der Waals surface area contributed by atoms with Gasteiger partial charge in [0.25, 0.3) is 0 Å². The van der Waals surface area contributed by atoms with Crippen LogP contribution in [0.25, 0.3) is 11.0 Å². The lowest BCUT2D eigenvalue weighted by molar-refractivity contribution is 0.293. The lowest BCUT2D eigenvalue weighted by atomic mass is 9.80.